The molecule has 0 N–H and O–H groups in total. The van der Waals surface area contributed by atoms with Gasteiger partial charge in [0.25, 0.3) is 0 Å². The number of hydrogen-bond acceptors (Lipinski definition) is 3. The van der Waals surface area contributed by atoms with E-state index in [4.69, 9.17) is 0 Å². The van der Waals surface area contributed by atoms with Gasteiger partial charge in [-0.15, -0.1) is 11.3 Å². The van der Waals surface area contributed by atoms with Crippen LogP contribution in [0.4, 0.5) is 0 Å². The summed E-state index contributed by atoms with van der Waals surface area (Å²) in [5.41, 5.74) is 3.58. The molecule has 1 aromatic heterocycles. The van der Waals surface area contributed by atoms with Crippen LogP contribution in [0.5, 0.6) is 0 Å². The van der Waals surface area contributed by atoms with Crippen LogP contribution in [0, 0.1) is 13.8 Å². The Morgan fingerprint density at radius 2 is 1.76 bits per heavy atom. The molecule has 0 spiro atoms. The Morgan fingerprint density at radius 3 is 2.53 bits per heavy atom. The fraction of sp³-hybridized carbons (Fsp3) is 0.143. The number of benzene rings is 1. The molecule has 0 radical (unpaired) electrons. The van der Waals surface area contributed by atoms with Gasteiger partial charge in [0.1, 0.15) is 0 Å². The molecule has 0 saturated carbocycles. The second kappa shape index (κ2) is 3.37. The van der Waals surface area contributed by atoms with Gasteiger partial charge in [-0.05, 0) is 30.9 Å². The van der Waals surface area contributed by atoms with Gasteiger partial charge in [-0.1, -0.05) is 17.7 Å². The largest absolute Gasteiger partial charge is 0.289 e. The third kappa shape index (κ3) is 1.32. The smallest absolute Gasteiger partial charge is 0.204 e. The SMILES string of the molecule is Cc1ccc2c(c1)C(=O)c1scc(C)c1C2=O. The van der Waals surface area contributed by atoms with Crippen LogP contribution >= 0.6 is 11.3 Å². The summed E-state index contributed by atoms with van der Waals surface area (Å²) in [6.07, 6.45) is 0. The van der Waals surface area contributed by atoms with Crippen LogP contribution in [-0.4, -0.2) is 11.6 Å². The third-order valence-corrected chi connectivity index (χ3v) is 4.17. The maximum Gasteiger partial charge on any atom is 0.204 e. The van der Waals surface area contributed by atoms with Crippen LogP contribution in [0.25, 0.3) is 0 Å². The lowest BCUT2D eigenvalue weighted by Crippen LogP contribution is -2.19. The first-order chi connectivity index (χ1) is 8.09. The first kappa shape index (κ1) is 10.4. The Morgan fingerprint density at radius 1 is 1.00 bits per heavy atom. The van der Waals surface area contributed by atoms with Crippen LogP contribution in [-0.2, 0) is 0 Å². The van der Waals surface area contributed by atoms with E-state index in [1.807, 2.05) is 25.3 Å². The van der Waals surface area contributed by atoms with Crippen LogP contribution in [0.15, 0.2) is 23.6 Å². The second-order valence-corrected chi connectivity index (χ2v) is 5.21. The zero-order valence-corrected chi connectivity index (χ0v) is 10.4. The third-order valence-electron chi connectivity index (χ3n) is 3.07. The Balaban J connectivity index is 2.34. The summed E-state index contributed by atoms with van der Waals surface area (Å²) in [5, 5.41) is 1.87. The first-order valence-corrected chi connectivity index (χ1v) is 6.25. The molecule has 0 atom stereocenters. The number of fused-ring (bicyclic) bond motifs is 2. The molecule has 0 bridgehead atoms. The molecular weight excluding hydrogens is 232 g/mol. The van der Waals surface area contributed by atoms with Crippen LogP contribution in [0.2, 0.25) is 0 Å². The van der Waals surface area contributed by atoms with E-state index in [2.05, 4.69) is 0 Å². The predicted octanol–water partition coefficient (Wildman–Crippen LogP) is 3.14. The highest BCUT2D eigenvalue weighted by atomic mass is 32.1. The minimum Gasteiger partial charge on any atom is -0.289 e. The molecule has 0 saturated heterocycles. The average molecular weight is 242 g/mol. The lowest BCUT2D eigenvalue weighted by molar-refractivity contribution is 0.0982. The highest BCUT2D eigenvalue weighted by molar-refractivity contribution is 7.13. The molecule has 0 fully saturated rings. The minimum atomic E-state index is -0.0200. The Bertz CT molecular complexity index is 665. The van der Waals surface area contributed by atoms with Crippen LogP contribution in [0.1, 0.15) is 42.3 Å². The standard InChI is InChI=1S/C14H10O2S/c1-7-3-4-9-10(5-7)13(16)14-11(12(9)15)8(2)6-17-14/h3-6H,1-2H3. The maximum atomic E-state index is 12.3. The van der Waals surface area contributed by atoms with Crippen molar-refractivity contribution in [3.05, 3.63) is 56.3 Å². The molecule has 2 nitrogen and oxygen atoms in total. The van der Waals surface area contributed by atoms with Gasteiger partial charge in [0.05, 0.1) is 4.88 Å². The number of carbonyl (C=O) groups is 2. The molecule has 2 aromatic rings. The van der Waals surface area contributed by atoms with Crippen molar-refractivity contribution in [1.82, 2.24) is 0 Å². The van der Waals surface area contributed by atoms with Gasteiger partial charge in [0.2, 0.25) is 5.78 Å². The molecule has 3 rings (SSSR count). The van der Waals surface area contributed by atoms with E-state index in [1.54, 1.807) is 12.1 Å². The lowest BCUT2D eigenvalue weighted by atomic mass is 9.86. The van der Waals surface area contributed by atoms with E-state index in [0.717, 1.165) is 11.1 Å². The number of aryl methyl sites for hydroxylation is 2. The van der Waals surface area contributed by atoms with E-state index in [-0.39, 0.29) is 11.6 Å². The van der Waals surface area contributed by atoms with Crippen molar-refractivity contribution < 1.29 is 9.59 Å². The maximum absolute atomic E-state index is 12.3. The zero-order valence-electron chi connectivity index (χ0n) is 9.53. The molecule has 0 aliphatic heterocycles. The normalized spacial score (nSPS) is 13.5. The average Bonchev–Trinajstić information content (AvgIpc) is 2.68. The monoisotopic (exact) mass is 242 g/mol. The highest BCUT2D eigenvalue weighted by Crippen LogP contribution is 2.33. The molecule has 0 unspecified atom stereocenters. The van der Waals surface area contributed by atoms with Crippen molar-refractivity contribution in [2.75, 3.05) is 0 Å². The first-order valence-electron chi connectivity index (χ1n) is 5.37. The quantitative estimate of drug-likeness (QED) is 0.607. The van der Waals surface area contributed by atoms with Crippen molar-refractivity contribution in [2.45, 2.75) is 13.8 Å². The lowest BCUT2D eigenvalue weighted by Gasteiger charge is -2.15. The van der Waals surface area contributed by atoms with Gasteiger partial charge in [-0.2, -0.15) is 0 Å². The Hall–Kier alpha value is -1.74. The van der Waals surface area contributed by atoms with Crippen molar-refractivity contribution in [3.63, 3.8) is 0 Å². The van der Waals surface area contributed by atoms with Gasteiger partial charge < -0.3 is 0 Å². The molecule has 0 amide bonds. The molecule has 1 aliphatic carbocycles. The fourth-order valence-corrected chi connectivity index (χ4v) is 3.20. The van der Waals surface area contributed by atoms with E-state index >= 15 is 0 Å². The fourth-order valence-electron chi connectivity index (χ4n) is 2.19. The highest BCUT2D eigenvalue weighted by Gasteiger charge is 2.32. The topological polar surface area (TPSA) is 34.1 Å². The molecule has 84 valence electrons. The van der Waals surface area contributed by atoms with Crippen molar-refractivity contribution in [1.29, 1.82) is 0 Å². The van der Waals surface area contributed by atoms with Gasteiger partial charge in [-0.25, -0.2) is 0 Å². The van der Waals surface area contributed by atoms with Crippen molar-refractivity contribution in [3.8, 4) is 0 Å². The van der Waals surface area contributed by atoms with E-state index in [0.29, 0.717) is 21.6 Å². The van der Waals surface area contributed by atoms with E-state index < -0.39 is 0 Å². The summed E-state index contributed by atoms with van der Waals surface area (Å²) < 4.78 is 0. The van der Waals surface area contributed by atoms with Crippen LogP contribution < -0.4 is 0 Å². The van der Waals surface area contributed by atoms with E-state index in [1.165, 1.54) is 11.3 Å². The second-order valence-electron chi connectivity index (χ2n) is 4.33. The zero-order chi connectivity index (χ0) is 12.2. The molecular formula is C14H10O2S. The molecule has 1 heterocycles. The predicted molar refractivity (Wildman–Crippen MR) is 67.1 cm³/mol. The van der Waals surface area contributed by atoms with Gasteiger partial charge in [0.15, 0.2) is 5.78 Å². The number of hydrogen-bond donors (Lipinski definition) is 0. The summed E-state index contributed by atoms with van der Waals surface area (Å²) in [4.78, 5) is 25.2. The summed E-state index contributed by atoms with van der Waals surface area (Å²) in [7, 11) is 0. The number of rotatable bonds is 0. The Kier molecular flexibility index (Phi) is 2.07. The molecule has 1 aromatic carbocycles. The number of ketones is 2. The molecule has 17 heavy (non-hydrogen) atoms. The van der Waals surface area contributed by atoms with Gasteiger partial charge in [0, 0.05) is 16.7 Å². The van der Waals surface area contributed by atoms with Crippen LogP contribution in [0.3, 0.4) is 0 Å². The summed E-state index contributed by atoms with van der Waals surface area (Å²) in [6.45, 7) is 3.80. The van der Waals surface area contributed by atoms with Crippen molar-refractivity contribution in [2.24, 2.45) is 0 Å². The summed E-state index contributed by atoms with van der Waals surface area (Å²) in [6, 6.07) is 5.43. The summed E-state index contributed by atoms with van der Waals surface area (Å²) in [5.74, 6) is -0.0373. The number of carbonyl (C=O) groups excluding carboxylic acids is 2. The summed E-state index contributed by atoms with van der Waals surface area (Å²) >= 11 is 1.36. The molecule has 3 heteroatoms. The van der Waals surface area contributed by atoms with E-state index in [9.17, 15) is 9.59 Å². The number of thiophene rings is 1. The van der Waals surface area contributed by atoms with Gasteiger partial charge >= 0.3 is 0 Å². The Labute approximate surface area is 103 Å². The minimum absolute atomic E-state index is 0.0172. The molecule has 1 aliphatic rings. The van der Waals surface area contributed by atoms with Crippen molar-refractivity contribution >= 4 is 22.9 Å². The van der Waals surface area contributed by atoms with Gasteiger partial charge in [-0.3, -0.25) is 9.59 Å².